The number of carbonyl (C=O) groups excluding carboxylic acids is 1. The summed E-state index contributed by atoms with van der Waals surface area (Å²) in [5.74, 6) is -0.618. The number of halogens is 1. The Kier molecular flexibility index (Phi) is 3.39. The van der Waals surface area contributed by atoms with E-state index in [-0.39, 0.29) is 18.2 Å². The summed E-state index contributed by atoms with van der Waals surface area (Å²) < 4.78 is 22.6. The van der Waals surface area contributed by atoms with Gasteiger partial charge in [-0.1, -0.05) is 0 Å². The number of nitriles is 1. The quantitative estimate of drug-likeness (QED) is 0.780. The molecule has 0 spiro atoms. The third kappa shape index (κ3) is 2.55. The minimum atomic E-state index is -0.704. The first-order valence-electron chi connectivity index (χ1n) is 5.10. The molecule has 0 aliphatic rings. The minimum Gasteiger partial charge on any atom is -0.449 e. The normalized spacial score (nSPS) is 9.78. The monoisotopic (exact) mass is 245 g/mol. The second-order valence-electron chi connectivity index (χ2n) is 3.41. The van der Waals surface area contributed by atoms with Gasteiger partial charge in [-0.2, -0.15) is 5.26 Å². The Morgan fingerprint density at radius 3 is 2.67 bits per heavy atom. The molecule has 5 heteroatoms. The summed E-state index contributed by atoms with van der Waals surface area (Å²) in [5, 5.41) is 8.28. The van der Waals surface area contributed by atoms with Crippen molar-refractivity contribution in [1.29, 1.82) is 5.26 Å². The molecule has 0 radical (unpaired) electrons. The van der Waals surface area contributed by atoms with Crippen molar-refractivity contribution < 1.29 is 18.3 Å². The maximum Gasteiger partial charge on any atom is 0.375 e. The Bertz CT molecular complexity index is 595. The molecule has 0 fully saturated rings. The van der Waals surface area contributed by atoms with Crippen molar-refractivity contribution in [1.82, 2.24) is 0 Å². The zero-order valence-corrected chi connectivity index (χ0v) is 9.22. The number of ether oxygens (including phenoxy) is 1. The van der Waals surface area contributed by atoms with E-state index in [1.165, 1.54) is 18.2 Å². The fraction of sp³-hybridized carbons (Fsp3) is 0.0769. The Morgan fingerprint density at radius 2 is 2.00 bits per heavy atom. The van der Waals surface area contributed by atoms with Crippen LogP contribution in [-0.2, 0) is 4.74 Å². The number of hydrogen-bond acceptors (Lipinski definition) is 4. The molecule has 1 heterocycles. The van der Waals surface area contributed by atoms with Crippen LogP contribution in [0.5, 0.6) is 0 Å². The van der Waals surface area contributed by atoms with Crippen molar-refractivity contribution in [3.05, 3.63) is 48.0 Å². The predicted octanol–water partition coefficient (Wildman–Crippen LogP) is 2.77. The van der Waals surface area contributed by atoms with Crippen LogP contribution in [0.15, 0.2) is 40.8 Å². The van der Waals surface area contributed by atoms with Crippen LogP contribution in [0.1, 0.15) is 10.6 Å². The van der Waals surface area contributed by atoms with Crippen molar-refractivity contribution in [2.24, 2.45) is 0 Å². The van der Waals surface area contributed by atoms with Crippen molar-refractivity contribution >= 4 is 5.97 Å². The van der Waals surface area contributed by atoms with E-state index in [0.29, 0.717) is 11.3 Å². The maximum atomic E-state index is 12.7. The second kappa shape index (κ2) is 5.15. The van der Waals surface area contributed by atoms with Gasteiger partial charge in [-0.05, 0) is 36.4 Å². The standard InChI is InChI=1S/C13H8FNO3/c14-10-3-1-9(2-4-10)11-5-6-12(18-11)13(16)17-8-7-15/h1-6H,8H2. The molecule has 4 nitrogen and oxygen atoms in total. The highest BCUT2D eigenvalue weighted by atomic mass is 19.1. The average molecular weight is 245 g/mol. The summed E-state index contributed by atoms with van der Waals surface area (Å²) in [7, 11) is 0. The number of carbonyl (C=O) groups is 1. The summed E-state index contributed by atoms with van der Waals surface area (Å²) in [5.41, 5.74) is 0.649. The number of esters is 1. The fourth-order valence-electron chi connectivity index (χ4n) is 1.39. The number of rotatable bonds is 3. The molecule has 0 bridgehead atoms. The lowest BCUT2D eigenvalue weighted by atomic mass is 10.2. The van der Waals surface area contributed by atoms with Crippen LogP contribution in [0.4, 0.5) is 4.39 Å². The average Bonchev–Trinajstić information content (AvgIpc) is 2.86. The van der Waals surface area contributed by atoms with Crippen LogP contribution in [0.25, 0.3) is 11.3 Å². The molecule has 0 amide bonds. The Balaban J connectivity index is 2.18. The molecule has 0 unspecified atom stereocenters. The van der Waals surface area contributed by atoms with Crippen LogP contribution in [-0.4, -0.2) is 12.6 Å². The summed E-state index contributed by atoms with van der Waals surface area (Å²) >= 11 is 0. The molecule has 0 saturated heterocycles. The fourth-order valence-corrected chi connectivity index (χ4v) is 1.39. The molecule has 0 N–H and O–H groups in total. The lowest BCUT2D eigenvalue weighted by Gasteiger charge is -1.97. The molecule has 1 aromatic heterocycles. The summed E-state index contributed by atoms with van der Waals surface area (Å²) in [6, 6.07) is 10.4. The van der Waals surface area contributed by atoms with Gasteiger partial charge in [0.15, 0.2) is 6.61 Å². The van der Waals surface area contributed by atoms with Gasteiger partial charge in [0.25, 0.3) is 0 Å². The molecule has 90 valence electrons. The molecule has 0 aliphatic carbocycles. The highest BCUT2D eigenvalue weighted by Crippen LogP contribution is 2.22. The van der Waals surface area contributed by atoms with Gasteiger partial charge in [-0.15, -0.1) is 0 Å². The topological polar surface area (TPSA) is 63.2 Å². The molecule has 18 heavy (non-hydrogen) atoms. The lowest BCUT2D eigenvalue weighted by molar-refractivity contribution is 0.0520. The number of hydrogen-bond donors (Lipinski definition) is 0. The molecule has 0 saturated carbocycles. The minimum absolute atomic E-state index is 0.00424. The maximum absolute atomic E-state index is 12.7. The van der Waals surface area contributed by atoms with Gasteiger partial charge in [-0.3, -0.25) is 0 Å². The van der Waals surface area contributed by atoms with E-state index in [9.17, 15) is 9.18 Å². The van der Waals surface area contributed by atoms with E-state index >= 15 is 0 Å². The SMILES string of the molecule is N#CCOC(=O)c1ccc(-c2ccc(F)cc2)o1. The molecule has 0 aliphatic heterocycles. The second-order valence-corrected chi connectivity index (χ2v) is 3.41. The van der Waals surface area contributed by atoms with Crippen LogP contribution in [0.2, 0.25) is 0 Å². The van der Waals surface area contributed by atoms with Crippen molar-refractivity contribution in [3.63, 3.8) is 0 Å². The third-order valence-corrected chi connectivity index (χ3v) is 2.20. The van der Waals surface area contributed by atoms with Crippen LogP contribution < -0.4 is 0 Å². The molecule has 2 rings (SSSR count). The Labute approximate surface area is 102 Å². The van der Waals surface area contributed by atoms with Gasteiger partial charge in [-0.25, -0.2) is 9.18 Å². The highest BCUT2D eigenvalue weighted by molar-refractivity contribution is 5.87. The van der Waals surface area contributed by atoms with E-state index in [1.54, 1.807) is 24.3 Å². The van der Waals surface area contributed by atoms with E-state index in [2.05, 4.69) is 4.74 Å². The largest absolute Gasteiger partial charge is 0.449 e. The summed E-state index contributed by atoms with van der Waals surface area (Å²) in [6.07, 6.45) is 0. The van der Waals surface area contributed by atoms with E-state index < -0.39 is 5.97 Å². The van der Waals surface area contributed by atoms with Gasteiger partial charge >= 0.3 is 5.97 Å². The van der Waals surface area contributed by atoms with Gasteiger partial charge in [0.05, 0.1) is 0 Å². The summed E-state index contributed by atoms with van der Waals surface area (Å²) in [6.45, 7) is -0.328. The Hall–Kier alpha value is -2.61. The van der Waals surface area contributed by atoms with Crippen molar-refractivity contribution in [2.45, 2.75) is 0 Å². The van der Waals surface area contributed by atoms with E-state index in [0.717, 1.165) is 0 Å². The first-order chi connectivity index (χ1) is 8.70. The number of nitrogens with zero attached hydrogens (tertiary/aromatic N) is 1. The van der Waals surface area contributed by atoms with Crippen LogP contribution >= 0.6 is 0 Å². The first kappa shape index (κ1) is 11.9. The van der Waals surface area contributed by atoms with Crippen LogP contribution in [0, 0.1) is 17.1 Å². The van der Waals surface area contributed by atoms with Gasteiger partial charge in [0, 0.05) is 5.56 Å². The highest BCUT2D eigenvalue weighted by Gasteiger charge is 2.13. The molecule has 2 aromatic rings. The Morgan fingerprint density at radius 1 is 1.28 bits per heavy atom. The molecular formula is C13H8FNO3. The zero-order valence-electron chi connectivity index (χ0n) is 9.22. The predicted molar refractivity (Wildman–Crippen MR) is 60.0 cm³/mol. The molecule has 1 aromatic carbocycles. The van der Waals surface area contributed by atoms with Crippen molar-refractivity contribution in [3.8, 4) is 17.4 Å². The molecule has 0 atom stereocenters. The van der Waals surface area contributed by atoms with Gasteiger partial charge in [0.1, 0.15) is 17.6 Å². The number of benzene rings is 1. The van der Waals surface area contributed by atoms with E-state index in [4.69, 9.17) is 9.68 Å². The third-order valence-electron chi connectivity index (χ3n) is 2.20. The number of furan rings is 1. The van der Waals surface area contributed by atoms with Crippen LogP contribution in [0.3, 0.4) is 0 Å². The first-order valence-corrected chi connectivity index (χ1v) is 5.10. The molecular weight excluding hydrogens is 237 g/mol. The van der Waals surface area contributed by atoms with Gasteiger partial charge in [0.2, 0.25) is 5.76 Å². The van der Waals surface area contributed by atoms with Gasteiger partial charge < -0.3 is 9.15 Å². The zero-order chi connectivity index (χ0) is 13.0. The lowest BCUT2D eigenvalue weighted by Crippen LogP contribution is -2.03. The van der Waals surface area contributed by atoms with Crippen molar-refractivity contribution in [2.75, 3.05) is 6.61 Å². The van der Waals surface area contributed by atoms with E-state index in [1.807, 2.05) is 0 Å². The smallest absolute Gasteiger partial charge is 0.375 e. The summed E-state index contributed by atoms with van der Waals surface area (Å²) in [4.78, 5) is 11.4.